The van der Waals surface area contributed by atoms with Gasteiger partial charge in [0, 0.05) is 31.2 Å². The zero-order chi connectivity index (χ0) is 17.4. The van der Waals surface area contributed by atoms with Crippen LogP contribution in [0.3, 0.4) is 0 Å². The van der Waals surface area contributed by atoms with E-state index in [1.54, 1.807) is 11.9 Å². The fraction of sp³-hybridized carbons (Fsp3) is 0.882. The highest BCUT2D eigenvalue weighted by atomic mass is 35.5. The van der Waals surface area contributed by atoms with Gasteiger partial charge in [-0.1, -0.05) is 0 Å². The van der Waals surface area contributed by atoms with Crippen molar-refractivity contribution in [3.63, 3.8) is 0 Å². The molecule has 1 heterocycles. The molecule has 0 bridgehead atoms. The lowest BCUT2D eigenvalue weighted by atomic mass is 10.1. The normalized spacial score (nSPS) is 27.8. The van der Waals surface area contributed by atoms with Crippen LogP contribution in [0.1, 0.15) is 32.6 Å². The molecule has 3 fully saturated rings. The number of nitrogens with zero attached hydrogens (tertiary/aromatic N) is 3. The maximum absolute atomic E-state index is 12.8. The second-order valence-electron chi connectivity index (χ2n) is 7.75. The third-order valence-electron chi connectivity index (χ3n) is 5.62. The summed E-state index contributed by atoms with van der Waals surface area (Å²) in [7, 11) is 1.71. The van der Waals surface area contributed by atoms with Crippen LogP contribution >= 0.6 is 12.4 Å². The Morgan fingerprint density at radius 3 is 2.36 bits per heavy atom. The molecule has 2 aliphatic carbocycles. The van der Waals surface area contributed by atoms with Crippen molar-refractivity contribution in [1.29, 1.82) is 0 Å². The minimum atomic E-state index is -0.905. The number of rotatable bonds is 8. The van der Waals surface area contributed by atoms with E-state index < -0.39 is 12.1 Å². The first-order chi connectivity index (χ1) is 11.4. The summed E-state index contributed by atoms with van der Waals surface area (Å²) in [6.45, 7) is 3.35. The zero-order valence-corrected chi connectivity index (χ0v) is 15.8. The SMILES string of the molecule is CC(C1CC1)N(C(=O)CN1CC(N(C)CC(=O)O)[C@H](O)C1)C1CC1.Cl. The summed E-state index contributed by atoms with van der Waals surface area (Å²) in [4.78, 5) is 29.4. The number of likely N-dealkylation sites (N-methyl/N-ethyl adjacent to an activating group) is 1. The Balaban J connectivity index is 0.00000225. The van der Waals surface area contributed by atoms with E-state index in [1.165, 1.54) is 12.8 Å². The van der Waals surface area contributed by atoms with Crippen LogP contribution in [-0.4, -0.2) is 94.2 Å². The fourth-order valence-electron chi connectivity index (χ4n) is 3.93. The Hall–Kier alpha value is -0.890. The average Bonchev–Trinajstić information content (AvgIpc) is 3.37. The van der Waals surface area contributed by atoms with E-state index in [-0.39, 0.29) is 30.9 Å². The van der Waals surface area contributed by atoms with Gasteiger partial charge >= 0.3 is 5.97 Å². The number of carboxylic acid groups (broad SMARTS) is 1. The zero-order valence-electron chi connectivity index (χ0n) is 15.0. The van der Waals surface area contributed by atoms with Crippen LogP contribution in [0.4, 0.5) is 0 Å². The lowest BCUT2D eigenvalue weighted by Gasteiger charge is -2.31. The van der Waals surface area contributed by atoms with E-state index in [1.807, 2.05) is 4.90 Å². The number of hydrogen-bond donors (Lipinski definition) is 2. The molecule has 0 aromatic rings. The molecular weight excluding hydrogens is 346 g/mol. The molecule has 1 aliphatic heterocycles. The van der Waals surface area contributed by atoms with Gasteiger partial charge in [0.1, 0.15) is 0 Å². The van der Waals surface area contributed by atoms with Gasteiger partial charge in [-0.25, -0.2) is 0 Å². The van der Waals surface area contributed by atoms with Crippen molar-refractivity contribution < 1.29 is 19.8 Å². The molecule has 144 valence electrons. The molecule has 0 spiro atoms. The second kappa shape index (κ2) is 8.20. The number of likely N-dealkylation sites (tertiary alicyclic amines) is 1. The Kier molecular flexibility index (Phi) is 6.70. The van der Waals surface area contributed by atoms with Crippen LogP contribution in [-0.2, 0) is 9.59 Å². The van der Waals surface area contributed by atoms with Gasteiger partial charge in [-0.3, -0.25) is 19.4 Å². The third-order valence-corrected chi connectivity index (χ3v) is 5.62. The molecule has 1 amide bonds. The molecule has 3 rings (SSSR count). The van der Waals surface area contributed by atoms with Crippen LogP contribution in [0.2, 0.25) is 0 Å². The fourth-order valence-corrected chi connectivity index (χ4v) is 3.93. The predicted molar refractivity (Wildman–Crippen MR) is 95.8 cm³/mol. The van der Waals surface area contributed by atoms with E-state index in [4.69, 9.17) is 5.11 Å². The summed E-state index contributed by atoms with van der Waals surface area (Å²) in [6.07, 6.45) is 4.05. The average molecular weight is 376 g/mol. The molecule has 2 saturated carbocycles. The molecule has 0 aromatic heterocycles. The molecule has 0 radical (unpaired) electrons. The first-order valence-electron chi connectivity index (χ1n) is 9.00. The Morgan fingerprint density at radius 2 is 1.84 bits per heavy atom. The second-order valence-corrected chi connectivity index (χ2v) is 7.75. The summed E-state index contributed by atoms with van der Waals surface area (Å²) in [5, 5.41) is 19.1. The van der Waals surface area contributed by atoms with Crippen molar-refractivity contribution in [1.82, 2.24) is 14.7 Å². The maximum Gasteiger partial charge on any atom is 0.317 e. The van der Waals surface area contributed by atoms with E-state index >= 15 is 0 Å². The number of aliphatic hydroxyl groups excluding tert-OH is 1. The van der Waals surface area contributed by atoms with E-state index in [9.17, 15) is 14.7 Å². The Labute approximate surface area is 155 Å². The summed E-state index contributed by atoms with van der Waals surface area (Å²) in [5.41, 5.74) is 0. The Morgan fingerprint density at radius 1 is 1.20 bits per heavy atom. The lowest BCUT2D eigenvalue weighted by Crippen LogP contribution is -2.47. The molecule has 2 unspecified atom stereocenters. The number of halogens is 1. The van der Waals surface area contributed by atoms with Crippen molar-refractivity contribution in [2.24, 2.45) is 5.92 Å². The topological polar surface area (TPSA) is 84.3 Å². The van der Waals surface area contributed by atoms with Crippen LogP contribution in [0.15, 0.2) is 0 Å². The number of aliphatic hydroxyl groups is 1. The summed E-state index contributed by atoms with van der Waals surface area (Å²) in [5.74, 6) is -0.0869. The quantitative estimate of drug-likeness (QED) is 0.633. The van der Waals surface area contributed by atoms with Crippen molar-refractivity contribution in [2.75, 3.05) is 33.2 Å². The van der Waals surface area contributed by atoms with Crippen molar-refractivity contribution in [3.05, 3.63) is 0 Å². The molecule has 1 saturated heterocycles. The highest BCUT2D eigenvalue weighted by molar-refractivity contribution is 5.85. The van der Waals surface area contributed by atoms with Crippen molar-refractivity contribution in [2.45, 2.75) is 56.8 Å². The monoisotopic (exact) mass is 375 g/mol. The van der Waals surface area contributed by atoms with E-state index in [0.29, 0.717) is 37.6 Å². The van der Waals surface area contributed by atoms with Gasteiger partial charge < -0.3 is 15.1 Å². The minimum absolute atomic E-state index is 0. The Bertz CT molecular complexity index is 498. The van der Waals surface area contributed by atoms with Gasteiger partial charge in [-0.15, -0.1) is 12.4 Å². The molecule has 7 nitrogen and oxygen atoms in total. The van der Waals surface area contributed by atoms with Gasteiger partial charge in [0.05, 0.1) is 19.2 Å². The highest BCUT2D eigenvalue weighted by Gasteiger charge is 2.43. The number of hydrogen-bond acceptors (Lipinski definition) is 5. The van der Waals surface area contributed by atoms with Crippen molar-refractivity contribution in [3.8, 4) is 0 Å². The maximum atomic E-state index is 12.8. The number of aliphatic carboxylic acids is 1. The van der Waals surface area contributed by atoms with Crippen LogP contribution in [0.5, 0.6) is 0 Å². The summed E-state index contributed by atoms with van der Waals surface area (Å²) in [6, 6.07) is 0.498. The number of carbonyl (C=O) groups is 2. The first-order valence-corrected chi connectivity index (χ1v) is 9.00. The predicted octanol–water partition coefficient (Wildman–Crippen LogP) is 0.259. The van der Waals surface area contributed by atoms with Crippen LogP contribution in [0, 0.1) is 5.92 Å². The van der Waals surface area contributed by atoms with Crippen molar-refractivity contribution >= 4 is 24.3 Å². The number of β-amino-alcohol motifs (C(OH)–C–C–N with tert-alkyl or cyclic N) is 1. The first kappa shape index (κ1) is 20.4. The molecular formula is C17H30ClN3O4. The van der Waals surface area contributed by atoms with Gasteiger partial charge in [-0.2, -0.15) is 0 Å². The molecule has 25 heavy (non-hydrogen) atoms. The molecule has 2 N–H and O–H groups in total. The summed E-state index contributed by atoms with van der Waals surface area (Å²) < 4.78 is 0. The van der Waals surface area contributed by atoms with Gasteiger partial charge in [0.15, 0.2) is 0 Å². The molecule has 3 aliphatic rings. The third kappa shape index (κ3) is 5.06. The van der Waals surface area contributed by atoms with Gasteiger partial charge in [0.2, 0.25) is 5.91 Å². The largest absolute Gasteiger partial charge is 0.480 e. The van der Waals surface area contributed by atoms with E-state index in [0.717, 1.165) is 12.8 Å². The van der Waals surface area contributed by atoms with Gasteiger partial charge in [0.25, 0.3) is 0 Å². The molecule has 3 atom stereocenters. The van der Waals surface area contributed by atoms with Gasteiger partial charge in [-0.05, 0) is 45.6 Å². The molecule has 0 aromatic carbocycles. The van der Waals surface area contributed by atoms with Crippen LogP contribution < -0.4 is 0 Å². The minimum Gasteiger partial charge on any atom is -0.480 e. The smallest absolute Gasteiger partial charge is 0.317 e. The lowest BCUT2D eigenvalue weighted by molar-refractivity contribution is -0.139. The van der Waals surface area contributed by atoms with Crippen LogP contribution in [0.25, 0.3) is 0 Å². The summed E-state index contributed by atoms with van der Waals surface area (Å²) >= 11 is 0. The number of carboxylic acids is 1. The number of carbonyl (C=O) groups excluding carboxylic acids is 1. The highest BCUT2D eigenvalue weighted by Crippen LogP contribution is 2.39. The van der Waals surface area contributed by atoms with E-state index in [2.05, 4.69) is 11.8 Å². The molecule has 8 heteroatoms. The standard InChI is InChI=1S/C17H29N3O4.ClH/c1-11(12-3-4-12)20(13-5-6-13)16(22)9-19-7-14(15(21)8-19)18(2)10-17(23)24;/h11-15,21H,3-10H2,1-2H3,(H,23,24);1H/t11?,14?,15-;/m1./s1. The number of amides is 1.